The topological polar surface area (TPSA) is 12.0 Å². The van der Waals surface area contributed by atoms with Crippen molar-refractivity contribution in [2.45, 2.75) is 32.7 Å². The van der Waals surface area contributed by atoms with Crippen LogP contribution in [0.3, 0.4) is 0 Å². The molecule has 0 aliphatic heterocycles. The van der Waals surface area contributed by atoms with Crippen molar-refractivity contribution in [1.29, 1.82) is 0 Å². The SMILES string of the molecule is CCC(CC)C(NC)c1ccc(F)c(Br)c1. The third kappa shape index (κ3) is 3.05. The van der Waals surface area contributed by atoms with E-state index in [-0.39, 0.29) is 5.82 Å². The van der Waals surface area contributed by atoms with Gasteiger partial charge in [-0.2, -0.15) is 0 Å². The summed E-state index contributed by atoms with van der Waals surface area (Å²) < 4.78 is 13.7. The molecule has 90 valence electrons. The molecular weight excluding hydrogens is 269 g/mol. The number of hydrogen-bond donors (Lipinski definition) is 1. The minimum atomic E-state index is -0.205. The Balaban J connectivity index is 2.98. The fraction of sp³-hybridized carbons (Fsp3) is 0.538. The molecule has 1 nitrogen and oxygen atoms in total. The van der Waals surface area contributed by atoms with E-state index >= 15 is 0 Å². The summed E-state index contributed by atoms with van der Waals surface area (Å²) in [7, 11) is 1.96. The Morgan fingerprint density at radius 3 is 2.38 bits per heavy atom. The summed E-state index contributed by atoms with van der Waals surface area (Å²) in [4.78, 5) is 0. The predicted molar refractivity (Wildman–Crippen MR) is 70.0 cm³/mol. The minimum Gasteiger partial charge on any atom is -0.313 e. The van der Waals surface area contributed by atoms with Crippen LogP contribution in [-0.2, 0) is 0 Å². The summed E-state index contributed by atoms with van der Waals surface area (Å²) in [6, 6.07) is 5.55. The third-order valence-electron chi connectivity index (χ3n) is 3.13. The molecule has 1 rings (SSSR count). The molecule has 0 spiro atoms. The average Bonchev–Trinajstić information content (AvgIpc) is 2.29. The van der Waals surface area contributed by atoms with E-state index in [4.69, 9.17) is 0 Å². The van der Waals surface area contributed by atoms with Gasteiger partial charge in [-0.1, -0.05) is 32.8 Å². The van der Waals surface area contributed by atoms with Crippen LogP contribution in [0.4, 0.5) is 4.39 Å². The van der Waals surface area contributed by atoms with E-state index in [0.29, 0.717) is 16.4 Å². The van der Waals surface area contributed by atoms with Crippen LogP contribution in [0.5, 0.6) is 0 Å². The second-order valence-electron chi connectivity index (χ2n) is 4.02. The average molecular weight is 288 g/mol. The number of hydrogen-bond acceptors (Lipinski definition) is 1. The molecule has 0 saturated heterocycles. The Morgan fingerprint density at radius 2 is 1.94 bits per heavy atom. The monoisotopic (exact) mass is 287 g/mol. The Labute approximate surface area is 106 Å². The maximum atomic E-state index is 13.2. The molecule has 0 heterocycles. The lowest BCUT2D eigenvalue weighted by atomic mass is 9.89. The van der Waals surface area contributed by atoms with Gasteiger partial charge >= 0.3 is 0 Å². The molecular formula is C13H19BrFN. The maximum Gasteiger partial charge on any atom is 0.137 e. The lowest BCUT2D eigenvalue weighted by Gasteiger charge is -2.25. The molecule has 0 radical (unpaired) electrons. The van der Waals surface area contributed by atoms with Gasteiger partial charge in [-0.3, -0.25) is 0 Å². The van der Waals surface area contributed by atoms with Crippen LogP contribution in [-0.4, -0.2) is 7.05 Å². The fourth-order valence-corrected chi connectivity index (χ4v) is 2.54. The molecule has 0 amide bonds. The molecule has 0 aliphatic rings. The van der Waals surface area contributed by atoms with Crippen LogP contribution in [0, 0.1) is 11.7 Å². The predicted octanol–water partition coefficient (Wildman–Crippen LogP) is 4.28. The van der Waals surface area contributed by atoms with E-state index < -0.39 is 0 Å². The van der Waals surface area contributed by atoms with Crippen molar-refractivity contribution >= 4 is 15.9 Å². The molecule has 0 saturated carbocycles. The molecule has 1 N–H and O–H groups in total. The van der Waals surface area contributed by atoms with Gasteiger partial charge in [0.15, 0.2) is 0 Å². The van der Waals surface area contributed by atoms with E-state index in [1.165, 1.54) is 6.07 Å². The van der Waals surface area contributed by atoms with Gasteiger partial charge in [0.05, 0.1) is 4.47 Å². The van der Waals surface area contributed by atoms with Gasteiger partial charge in [-0.15, -0.1) is 0 Å². The zero-order valence-corrected chi connectivity index (χ0v) is 11.6. The van der Waals surface area contributed by atoms with Crippen molar-refractivity contribution in [2.24, 2.45) is 5.92 Å². The minimum absolute atomic E-state index is 0.205. The van der Waals surface area contributed by atoms with Crippen molar-refractivity contribution in [3.8, 4) is 0 Å². The van der Waals surface area contributed by atoms with Crippen molar-refractivity contribution in [3.63, 3.8) is 0 Å². The summed E-state index contributed by atoms with van der Waals surface area (Å²) in [6.07, 6.45) is 2.24. The number of nitrogens with one attached hydrogen (secondary N) is 1. The zero-order chi connectivity index (χ0) is 12.1. The highest BCUT2D eigenvalue weighted by Crippen LogP contribution is 2.29. The molecule has 1 atom stereocenters. The van der Waals surface area contributed by atoms with Crippen molar-refractivity contribution in [1.82, 2.24) is 5.32 Å². The smallest absolute Gasteiger partial charge is 0.137 e. The Morgan fingerprint density at radius 1 is 1.31 bits per heavy atom. The van der Waals surface area contributed by atoms with Crippen molar-refractivity contribution in [2.75, 3.05) is 7.05 Å². The van der Waals surface area contributed by atoms with Gasteiger partial charge in [0, 0.05) is 6.04 Å². The summed E-state index contributed by atoms with van der Waals surface area (Å²) in [5.41, 5.74) is 1.14. The van der Waals surface area contributed by atoms with Gasteiger partial charge in [0.1, 0.15) is 5.82 Å². The van der Waals surface area contributed by atoms with Crippen LogP contribution in [0.1, 0.15) is 38.3 Å². The van der Waals surface area contributed by atoms with Gasteiger partial charge in [-0.05, 0) is 46.6 Å². The first-order valence-electron chi connectivity index (χ1n) is 5.76. The maximum absolute atomic E-state index is 13.2. The Kier molecular flexibility index (Phi) is 5.42. The Bertz CT molecular complexity index is 337. The highest BCUT2D eigenvalue weighted by atomic mass is 79.9. The molecule has 1 aromatic carbocycles. The van der Waals surface area contributed by atoms with Crippen LogP contribution in [0.2, 0.25) is 0 Å². The van der Waals surface area contributed by atoms with E-state index in [1.807, 2.05) is 19.2 Å². The zero-order valence-electron chi connectivity index (χ0n) is 10.1. The summed E-state index contributed by atoms with van der Waals surface area (Å²) in [5, 5.41) is 3.32. The van der Waals surface area contributed by atoms with Gasteiger partial charge in [0.2, 0.25) is 0 Å². The highest BCUT2D eigenvalue weighted by Gasteiger charge is 2.19. The third-order valence-corrected chi connectivity index (χ3v) is 3.74. The van der Waals surface area contributed by atoms with Gasteiger partial charge in [-0.25, -0.2) is 4.39 Å². The van der Waals surface area contributed by atoms with Crippen molar-refractivity contribution < 1.29 is 4.39 Å². The lowest BCUT2D eigenvalue weighted by molar-refractivity contribution is 0.359. The van der Waals surface area contributed by atoms with E-state index in [1.54, 1.807) is 0 Å². The summed E-state index contributed by atoms with van der Waals surface area (Å²) in [5.74, 6) is 0.380. The standard InChI is InChI=1S/C13H19BrFN/c1-4-9(5-2)13(16-3)10-6-7-12(15)11(14)8-10/h6-9,13,16H,4-5H2,1-3H3. The first kappa shape index (κ1) is 13.7. The van der Waals surface area contributed by atoms with Crippen LogP contribution in [0.15, 0.2) is 22.7 Å². The second-order valence-corrected chi connectivity index (χ2v) is 4.87. The first-order chi connectivity index (χ1) is 7.63. The molecule has 16 heavy (non-hydrogen) atoms. The Hall–Kier alpha value is -0.410. The molecule has 0 aromatic heterocycles. The number of halogens is 2. The molecule has 1 unspecified atom stereocenters. The number of rotatable bonds is 5. The summed E-state index contributed by atoms with van der Waals surface area (Å²) in [6.45, 7) is 4.38. The molecule has 0 bridgehead atoms. The second kappa shape index (κ2) is 6.36. The molecule has 3 heteroatoms. The van der Waals surface area contributed by atoms with Crippen molar-refractivity contribution in [3.05, 3.63) is 34.1 Å². The fourth-order valence-electron chi connectivity index (χ4n) is 2.14. The van der Waals surface area contributed by atoms with Crippen LogP contribution in [0.25, 0.3) is 0 Å². The van der Waals surface area contributed by atoms with Gasteiger partial charge < -0.3 is 5.32 Å². The van der Waals surface area contributed by atoms with E-state index in [0.717, 1.165) is 18.4 Å². The highest BCUT2D eigenvalue weighted by molar-refractivity contribution is 9.10. The molecule has 0 fully saturated rings. The van der Waals surface area contributed by atoms with Gasteiger partial charge in [0.25, 0.3) is 0 Å². The number of benzene rings is 1. The first-order valence-corrected chi connectivity index (χ1v) is 6.55. The van der Waals surface area contributed by atoms with Crippen LogP contribution < -0.4 is 5.32 Å². The largest absolute Gasteiger partial charge is 0.313 e. The normalized spacial score (nSPS) is 13.1. The van der Waals surface area contributed by atoms with E-state index in [9.17, 15) is 4.39 Å². The summed E-state index contributed by atoms with van der Waals surface area (Å²) >= 11 is 3.23. The quantitative estimate of drug-likeness (QED) is 0.852. The molecule has 1 aromatic rings. The molecule has 0 aliphatic carbocycles. The van der Waals surface area contributed by atoms with Crippen LogP contribution >= 0.6 is 15.9 Å². The lowest BCUT2D eigenvalue weighted by Crippen LogP contribution is -2.24. The van der Waals surface area contributed by atoms with E-state index in [2.05, 4.69) is 35.1 Å².